The number of nitrogens with zero attached hydrogens (tertiary/aromatic N) is 1. The standard InChI is InChI=1S/C12H22N2S/c1-4-11(2)14(3)8-7-13-10-12-6-5-9-15-12/h5-6,9,11,13H,4,7-8,10H2,1-3H3. The molecule has 1 aromatic rings. The molecule has 0 aliphatic carbocycles. The van der Waals surface area contributed by atoms with Gasteiger partial charge in [0, 0.05) is 30.6 Å². The van der Waals surface area contributed by atoms with E-state index in [4.69, 9.17) is 0 Å². The van der Waals surface area contributed by atoms with Crippen molar-refractivity contribution >= 4 is 11.3 Å². The molecule has 86 valence electrons. The number of hydrogen-bond acceptors (Lipinski definition) is 3. The minimum absolute atomic E-state index is 0.688. The monoisotopic (exact) mass is 226 g/mol. The fourth-order valence-electron chi connectivity index (χ4n) is 1.41. The minimum atomic E-state index is 0.688. The van der Waals surface area contributed by atoms with Crippen molar-refractivity contribution in [1.29, 1.82) is 0 Å². The van der Waals surface area contributed by atoms with Crippen LogP contribution in [0.5, 0.6) is 0 Å². The lowest BCUT2D eigenvalue weighted by Crippen LogP contribution is -2.34. The Labute approximate surface area is 97.3 Å². The molecule has 1 N–H and O–H groups in total. The minimum Gasteiger partial charge on any atom is -0.311 e. The Balaban J connectivity index is 2.06. The maximum atomic E-state index is 3.47. The molecule has 0 spiro atoms. The lowest BCUT2D eigenvalue weighted by Gasteiger charge is -2.23. The Morgan fingerprint density at radius 3 is 2.93 bits per heavy atom. The average Bonchev–Trinajstić information content (AvgIpc) is 2.75. The summed E-state index contributed by atoms with van der Waals surface area (Å²) in [6, 6.07) is 4.97. The highest BCUT2D eigenvalue weighted by molar-refractivity contribution is 7.09. The average molecular weight is 226 g/mol. The summed E-state index contributed by atoms with van der Waals surface area (Å²) in [5.74, 6) is 0. The summed E-state index contributed by atoms with van der Waals surface area (Å²) in [6.45, 7) is 7.71. The maximum Gasteiger partial charge on any atom is 0.0300 e. The second-order valence-electron chi connectivity index (χ2n) is 3.99. The first-order valence-electron chi connectivity index (χ1n) is 5.67. The zero-order valence-electron chi connectivity index (χ0n) is 9.99. The van der Waals surface area contributed by atoms with Crippen molar-refractivity contribution in [2.75, 3.05) is 20.1 Å². The fraction of sp³-hybridized carbons (Fsp3) is 0.667. The van der Waals surface area contributed by atoms with Crippen LogP contribution in [0.25, 0.3) is 0 Å². The van der Waals surface area contributed by atoms with Gasteiger partial charge in [0.15, 0.2) is 0 Å². The number of thiophene rings is 1. The zero-order chi connectivity index (χ0) is 11.1. The zero-order valence-corrected chi connectivity index (χ0v) is 10.8. The van der Waals surface area contributed by atoms with E-state index in [0.29, 0.717) is 6.04 Å². The highest BCUT2D eigenvalue weighted by Crippen LogP contribution is 2.07. The summed E-state index contributed by atoms with van der Waals surface area (Å²) in [5.41, 5.74) is 0. The van der Waals surface area contributed by atoms with Crippen molar-refractivity contribution in [1.82, 2.24) is 10.2 Å². The van der Waals surface area contributed by atoms with Crippen LogP contribution in [0.15, 0.2) is 17.5 Å². The molecule has 1 rings (SSSR count). The molecule has 0 amide bonds. The third-order valence-corrected chi connectivity index (χ3v) is 3.74. The molecule has 0 saturated carbocycles. The molecule has 0 bridgehead atoms. The van der Waals surface area contributed by atoms with Crippen LogP contribution >= 0.6 is 11.3 Å². The van der Waals surface area contributed by atoms with Gasteiger partial charge in [-0.1, -0.05) is 13.0 Å². The lowest BCUT2D eigenvalue weighted by molar-refractivity contribution is 0.252. The number of rotatable bonds is 7. The highest BCUT2D eigenvalue weighted by Gasteiger charge is 2.05. The largest absolute Gasteiger partial charge is 0.311 e. The third-order valence-electron chi connectivity index (χ3n) is 2.86. The van der Waals surface area contributed by atoms with Gasteiger partial charge in [-0.25, -0.2) is 0 Å². The van der Waals surface area contributed by atoms with Gasteiger partial charge in [0.2, 0.25) is 0 Å². The van der Waals surface area contributed by atoms with Crippen molar-refractivity contribution in [3.8, 4) is 0 Å². The van der Waals surface area contributed by atoms with Gasteiger partial charge < -0.3 is 10.2 Å². The van der Waals surface area contributed by atoms with Crippen LogP contribution in [-0.2, 0) is 6.54 Å². The summed E-state index contributed by atoms with van der Waals surface area (Å²) in [7, 11) is 2.20. The Kier molecular flexibility index (Phi) is 5.91. The van der Waals surface area contributed by atoms with Crippen molar-refractivity contribution in [3.05, 3.63) is 22.4 Å². The van der Waals surface area contributed by atoms with E-state index in [1.807, 2.05) is 11.3 Å². The molecule has 0 radical (unpaired) electrons. The molecule has 1 aromatic heterocycles. The summed E-state index contributed by atoms with van der Waals surface area (Å²) < 4.78 is 0. The van der Waals surface area contributed by atoms with E-state index in [0.717, 1.165) is 19.6 Å². The first kappa shape index (κ1) is 12.7. The van der Waals surface area contributed by atoms with E-state index in [2.05, 4.69) is 48.6 Å². The van der Waals surface area contributed by atoms with Gasteiger partial charge in [-0.05, 0) is 31.8 Å². The topological polar surface area (TPSA) is 15.3 Å². The third kappa shape index (κ3) is 4.78. The summed E-state index contributed by atoms with van der Waals surface area (Å²) >= 11 is 1.82. The first-order valence-corrected chi connectivity index (χ1v) is 6.55. The highest BCUT2D eigenvalue weighted by atomic mass is 32.1. The lowest BCUT2D eigenvalue weighted by atomic mass is 10.2. The van der Waals surface area contributed by atoms with Gasteiger partial charge in [-0.2, -0.15) is 0 Å². The Bertz CT molecular complexity index is 246. The predicted molar refractivity (Wildman–Crippen MR) is 68.4 cm³/mol. The molecule has 1 atom stereocenters. The molecule has 0 aliphatic rings. The van der Waals surface area contributed by atoms with Gasteiger partial charge in [0.25, 0.3) is 0 Å². The smallest absolute Gasteiger partial charge is 0.0300 e. The van der Waals surface area contributed by atoms with Gasteiger partial charge in [-0.3, -0.25) is 0 Å². The molecule has 1 heterocycles. The van der Waals surface area contributed by atoms with E-state index >= 15 is 0 Å². The predicted octanol–water partition coefficient (Wildman–Crippen LogP) is 2.57. The fourth-order valence-corrected chi connectivity index (χ4v) is 2.09. The molecule has 0 fully saturated rings. The Hall–Kier alpha value is -0.380. The second-order valence-corrected chi connectivity index (χ2v) is 5.03. The van der Waals surface area contributed by atoms with Crippen molar-refractivity contribution in [3.63, 3.8) is 0 Å². The first-order chi connectivity index (χ1) is 7.24. The van der Waals surface area contributed by atoms with Gasteiger partial charge >= 0.3 is 0 Å². The second kappa shape index (κ2) is 6.99. The molecule has 3 heteroatoms. The van der Waals surface area contributed by atoms with Crippen molar-refractivity contribution < 1.29 is 0 Å². The van der Waals surface area contributed by atoms with Crippen LogP contribution in [-0.4, -0.2) is 31.1 Å². The molecule has 0 saturated heterocycles. The SMILES string of the molecule is CCC(C)N(C)CCNCc1cccs1. The Morgan fingerprint density at radius 1 is 1.53 bits per heavy atom. The van der Waals surface area contributed by atoms with Crippen LogP contribution in [0.3, 0.4) is 0 Å². The van der Waals surface area contributed by atoms with Crippen LogP contribution < -0.4 is 5.32 Å². The van der Waals surface area contributed by atoms with E-state index in [-0.39, 0.29) is 0 Å². The van der Waals surface area contributed by atoms with E-state index in [1.54, 1.807) is 0 Å². The number of likely N-dealkylation sites (N-methyl/N-ethyl adjacent to an activating group) is 1. The molecular formula is C12H22N2S. The van der Waals surface area contributed by atoms with Crippen molar-refractivity contribution in [2.24, 2.45) is 0 Å². The summed E-state index contributed by atoms with van der Waals surface area (Å²) in [6.07, 6.45) is 1.22. The van der Waals surface area contributed by atoms with Crippen LogP contribution in [0, 0.1) is 0 Å². The Morgan fingerprint density at radius 2 is 2.33 bits per heavy atom. The van der Waals surface area contributed by atoms with E-state index in [9.17, 15) is 0 Å². The normalized spacial score (nSPS) is 13.3. The number of hydrogen-bond donors (Lipinski definition) is 1. The molecule has 1 unspecified atom stereocenters. The summed E-state index contributed by atoms with van der Waals surface area (Å²) in [4.78, 5) is 3.82. The molecular weight excluding hydrogens is 204 g/mol. The molecule has 0 aliphatic heterocycles. The van der Waals surface area contributed by atoms with Crippen molar-refractivity contribution in [2.45, 2.75) is 32.9 Å². The quantitative estimate of drug-likeness (QED) is 0.719. The number of nitrogens with one attached hydrogen (secondary N) is 1. The maximum absolute atomic E-state index is 3.47. The molecule has 2 nitrogen and oxygen atoms in total. The van der Waals surface area contributed by atoms with Gasteiger partial charge in [0.05, 0.1) is 0 Å². The van der Waals surface area contributed by atoms with E-state index in [1.165, 1.54) is 11.3 Å². The van der Waals surface area contributed by atoms with Crippen LogP contribution in [0.1, 0.15) is 25.1 Å². The van der Waals surface area contributed by atoms with Gasteiger partial charge in [-0.15, -0.1) is 11.3 Å². The van der Waals surface area contributed by atoms with E-state index < -0.39 is 0 Å². The molecule has 0 aromatic carbocycles. The summed E-state index contributed by atoms with van der Waals surface area (Å²) in [5, 5.41) is 5.59. The van der Waals surface area contributed by atoms with Crippen LogP contribution in [0.4, 0.5) is 0 Å². The molecule has 15 heavy (non-hydrogen) atoms. The van der Waals surface area contributed by atoms with Crippen LogP contribution in [0.2, 0.25) is 0 Å². The van der Waals surface area contributed by atoms with Gasteiger partial charge in [0.1, 0.15) is 0 Å².